The molecular formula is C40H47N. The van der Waals surface area contributed by atoms with Crippen LogP contribution in [-0.2, 0) is 5.41 Å². The van der Waals surface area contributed by atoms with Crippen LogP contribution in [0.3, 0.4) is 0 Å². The molecule has 0 atom stereocenters. The van der Waals surface area contributed by atoms with E-state index in [0.29, 0.717) is 0 Å². The molecule has 212 valence electrons. The summed E-state index contributed by atoms with van der Waals surface area (Å²) in [4.78, 5) is 0. The Balaban J connectivity index is 1.77. The van der Waals surface area contributed by atoms with Gasteiger partial charge in [0.1, 0.15) is 0 Å². The number of hydrogen-bond acceptors (Lipinski definition) is 1. The maximum absolute atomic E-state index is 3.65. The number of anilines is 2. The highest BCUT2D eigenvalue weighted by Gasteiger charge is 2.14. The number of fused-ring (bicyclic) bond motifs is 2. The highest BCUT2D eigenvalue weighted by Crippen LogP contribution is 2.35. The molecule has 0 amide bonds. The van der Waals surface area contributed by atoms with Gasteiger partial charge in [0.05, 0.1) is 0 Å². The van der Waals surface area contributed by atoms with Gasteiger partial charge in [0, 0.05) is 40.7 Å². The Hall–Kier alpha value is -3.68. The molecule has 41 heavy (non-hydrogen) atoms. The summed E-state index contributed by atoms with van der Waals surface area (Å²) in [5.41, 5.74) is 5.88. The van der Waals surface area contributed by atoms with E-state index in [1.54, 1.807) is 0 Å². The van der Waals surface area contributed by atoms with Crippen molar-refractivity contribution in [3.05, 3.63) is 83.4 Å². The third-order valence-corrected chi connectivity index (χ3v) is 7.80. The Morgan fingerprint density at radius 2 is 1.07 bits per heavy atom. The van der Waals surface area contributed by atoms with Crippen LogP contribution in [-0.4, -0.2) is 0 Å². The second-order valence-corrected chi connectivity index (χ2v) is 12.2. The minimum absolute atomic E-state index is 0.139. The van der Waals surface area contributed by atoms with Gasteiger partial charge in [0.25, 0.3) is 0 Å². The lowest BCUT2D eigenvalue weighted by atomic mass is 9.87. The normalized spacial score (nSPS) is 11.1. The molecule has 4 aromatic rings. The summed E-state index contributed by atoms with van der Waals surface area (Å²) in [6, 6.07) is 24.2. The maximum atomic E-state index is 3.65. The Morgan fingerprint density at radius 1 is 0.561 bits per heavy atom. The van der Waals surface area contributed by atoms with Gasteiger partial charge in [-0.1, -0.05) is 139 Å². The summed E-state index contributed by atoms with van der Waals surface area (Å²) in [6.07, 6.45) is 11.8. The van der Waals surface area contributed by atoms with Crippen LogP contribution in [0.5, 0.6) is 0 Å². The van der Waals surface area contributed by atoms with Crippen LogP contribution in [0.15, 0.2) is 66.7 Å². The van der Waals surface area contributed by atoms with Gasteiger partial charge in [-0.15, -0.1) is 0 Å². The van der Waals surface area contributed by atoms with E-state index in [1.807, 2.05) is 0 Å². The van der Waals surface area contributed by atoms with Gasteiger partial charge >= 0.3 is 0 Å². The number of rotatable bonds is 10. The third-order valence-electron chi connectivity index (χ3n) is 7.80. The minimum Gasteiger partial charge on any atom is -0.356 e. The molecule has 0 bridgehead atoms. The summed E-state index contributed by atoms with van der Waals surface area (Å²) in [7, 11) is 0. The molecular weight excluding hydrogens is 494 g/mol. The van der Waals surface area contributed by atoms with Crippen molar-refractivity contribution in [2.24, 2.45) is 0 Å². The second-order valence-electron chi connectivity index (χ2n) is 12.2. The van der Waals surface area contributed by atoms with Crippen molar-refractivity contribution >= 4 is 32.9 Å². The predicted octanol–water partition coefficient (Wildman–Crippen LogP) is 11.7. The van der Waals surface area contributed by atoms with Gasteiger partial charge in [-0.3, -0.25) is 0 Å². The topological polar surface area (TPSA) is 12.0 Å². The lowest BCUT2D eigenvalue weighted by molar-refractivity contribution is 0.590. The Morgan fingerprint density at radius 3 is 1.61 bits per heavy atom. The number of nitrogens with one attached hydrogen (secondary N) is 1. The highest BCUT2D eigenvalue weighted by atomic mass is 14.9. The molecule has 4 aromatic carbocycles. The van der Waals surface area contributed by atoms with E-state index < -0.39 is 0 Å². The van der Waals surface area contributed by atoms with Crippen LogP contribution in [0.4, 0.5) is 11.4 Å². The molecule has 0 saturated heterocycles. The fraction of sp³-hybridized carbons (Fsp3) is 0.400. The van der Waals surface area contributed by atoms with E-state index in [1.165, 1.54) is 72.1 Å². The quantitative estimate of drug-likeness (QED) is 0.120. The lowest BCUT2D eigenvalue weighted by Gasteiger charge is -2.19. The first-order chi connectivity index (χ1) is 19.9. The largest absolute Gasteiger partial charge is 0.356 e. The average molecular weight is 542 g/mol. The van der Waals surface area contributed by atoms with Crippen molar-refractivity contribution in [3.8, 4) is 23.7 Å². The molecule has 1 nitrogen and oxygen atoms in total. The van der Waals surface area contributed by atoms with Crippen LogP contribution in [0.25, 0.3) is 21.5 Å². The molecule has 0 aliphatic rings. The van der Waals surface area contributed by atoms with E-state index in [2.05, 4.69) is 130 Å². The Labute approximate surface area is 249 Å². The summed E-state index contributed by atoms with van der Waals surface area (Å²) >= 11 is 0. The summed E-state index contributed by atoms with van der Waals surface area (Å²) in [5, 5.41) is 8.41. The molecule has 0 aromatic heterocycles. The monoisotopic (exact) mass is 541 g/mol. The van der Waals surface area contributed by atoms with Gasteiger partial charge < -0.3 is 5.32 Å². The summed E-state index contributed by atoms with van der Waals surface area (Å²) in [5.74, 6) is 14.2. The number of benzene rings is 4. The molecule has 1 N–H and O–H groups in total. The van der Waals surface area contributed by atoms with Crippen molar-refractivity contribution in [1.82, 2.24) is 0 Å². The van der Waals surface area contributed by atoms with Crippen LogP contribution in [0.2, 0.25) is 0 Å². The Bertz CT molecular complexity index is 1560. The molecule has 1 heteroatoms. The molecule has 0 radical (unpaired) electrons. The standard InChI is InChI=1S/C40H47N/c1-6-8-10-12-14-16-20-36-34-22-18-19-23-35(34)37(21-17-15-13-11-9-7-2)39-30-33(28-29-38(36)39)41-32-26-24-31(25-27-32)40(3,4)5/h18-19,22-30,41H,6-15H2,1-5H3. The van der Waals surface area contributed by atoms with Gasteiger partial charge in [0.15, 0.2) is 0 Å². The summed E-state index contributed by atoms with van der Waals surface area (Å²) in [6.45, 7) is 11.3. The minimum atomic E-state index is 0.139. The summed E-state index contributed by atoms with van der Waals surface area (Å²) < 4.78 is 0. The predicted molar refractivity (Wildman–Crippen MR) is 181 cm³/mol. The molecule has 0 aliphatic heterocycles. The molecule has 0 saturated carbocycles. The SMILES string of the molecule is CCCCCCC#Cc1c2ccccc2c(C#CCCCCCC)c2cc(Nc3ccc(C(C)(C)C)cc3)ccc12. The molecule has 4 rings (SSSR count). The smallest absolute Gasteiger partial charge is 0.0403 e. The van der Waals surface area contributed by atoms with E-state index in [4.69, 9.17) is 0 Å². The van der Waals surface area contributed by atoms with Crippen molar-refractivity contribution in [1.29, 1.82) is 0 Å². The first-order valence-electron chi connectivity index (χ1n) is 15.8. The van der Waals surface area contributed by atoms with Gasteiger partial charge in [-0.25, -0.2) is 0 Å². The maximum Gasteiger partial charge on any atom is 0.0403 e. The van der Waals surface area contributed by atoms with E-state index in [-0.39, 0.29) is 5.41 Å². The molecule has 0 heterocycles. The number of unbranched alkanes of at least 4 members (excludes halogenated alkanes) is 8. The first-order valence-corrected chi connectivity index (χ1v) is 15.8. The van der Waals surface area contributed by atoms with Crippen molar-refractivity contribution in [2.45, 2.75) is 104 Å². The zero-order valence-corrected chi connectivity index (χ0v) is 25.9. The average Bonchev–Trinajstić information content (AvgIpc) is 2.97. The van der Waals surface area contributed by atoms with Crippen LogP contribution in [0.1, 0.15) is 116 Å². The fourth-order valence-corrected chi connectivity index (χ4v) is 5.33. The second kappa shape index (κ2) is 14.8. The van der Waals surface area contributed by atoms with Crippen molar-refractivity contribution < 1.29 is 0 Å². The van der Waals surface area contributed by atoms with E-state index in [0.717, 1.165) is 41.8 Å². The van der Waals surface area contributed by atoms with Gasteiger partial charge in [0.2, 0.25) is 0 Å². The van der Waals surface area contributed by atoms with E-state index >= 15 is 0 Å². The third kappa shape index (κ3) is 8.18. The zero-order chi connectivity index (χ0) is 29.1. The van der Waals surface area contributed by atoms with Crippen LogP contribution >= 0.6 is 0 Å². The lowest BCUT2D eigenvalue weighted by Crippen LogP contribution is -2.10. The number of hydrogen-bond donors (Lipinski definition) is 1. The van der Waals surface area contributed by atoms with Crippen LogP contribution < -0.4 is 5.32 Å². The molecule has 0 spiro atoms. The molecule has 0 aliphatic carbocycles. The molecule has 0 fully saturated rings. The van der Waals surface area contributed by atoms with Gasteiger partial charge in [-0.2, -0.15) is 0 Å². The Kier molecular flexibility index (Phi) is 10.9. The van der Waals surface area contributed by atoms with Crippen molar-refractivity contribution in [2.75, 3.05) is 5.32 Å². The van der Waals surface area contributed by atoms with E-state index in [9.17, 15) is 0 Å². The first kappa shape index (κ1) is 30.3. The van der Waals surface area contributed by atoms with Crippen LogP contribution in [0, 0.1) is 23.7 Å². The zero-order valence-electron chi connectivity index (χ0n) is 25.9. The fourth-order valence-electron chi connectivity index (χ4n) is 5.33. The highest BCUT2D eigenvalue weighted by molar-refractivity contribution is 6.10. The van der Waals surface area contributed by atoms with Gasteiger partial charge in [-0.05, 0) is 64.2 Å². The van der Waals surface area contributed by atoms with Crippen molar-refractivity contribution in [3.63, 3.8) is 0 Å². The molecule has 0 unspecified atom stereocenters.